The number of nitrogens with one attached hydrogen (secondary N) is 3. The molecule has 0 radical (unpaired) electrons. The van der Waals surface area contributed by atoms with Gasteiger partial charge in [0.15, 0.2) is 0 Å². The van der Waals surface area contributed by atoms with Crippen molar-refractivity contribution in [3.8, 4) is 0 Å². The molecule has 0 saturated carbocycles. The van der Waals surface area contributed by atoms with Crippen molar-refractivity contribution < 1.29 is 18.4 Å². The van der Waals surface area contributed by atoms with E-state index in [1.165, 1.54) is 6.07 Å². The molecule has 0 spiro atoms. The van der Waals surface area contributed by atoms with Crippen LogP contribution in [0.15, 0.2) is 18.2 Å². The molecule has 0 bridgehead atoms. The van der Waals surface area contributed by atoms with Crippen LogP contribution in [0.5, 0.6) is 0 Å². The maximum Gasteiger partial charge on any atom is 0.257 e. The zero-order chi connectivity index (χ0) is 18.4. The lowest BCUT2D eigenvalue weighted by molar-refractivity contribution is -0.124. The van der Waals surface area contributed by atoms with E-state index in [4.69, 9.17) is 0 Å². The summed E-state index contributed by atoms with van der Waals surface area (Å²) in [5.74, 6) is -3.04. The molecule has 1 heterocycles. The Balaban J connectivity index is 0.00000338. The molecule has 2 atom stereocenters. The number of carbonyl (C=O) groups is 2. The van der Waals surface area contributed by atoms with Crippen molar-refractivity contribution in [2.75, 3.05) is 19.6 Å². The smallest absolute Gasteiger partial charge is 0.257 e. The van der Waals surface area contributed by atoms with Gasteiger partial charge in [0.25, 0.3) is 5.91 Å². The maximum absolute atomic E-state index is 13.7. The van der Waals surface area contributed by atoms with Crippen LogP contribution < -0.4 is 16.0 Å². The number of hydrogen-bond acceptors (Lipinski definition) is 3. The van der Waals surface area contributed by atoms with Crippen molar-refractivity contribution >= 4 is 24.2 Å². The predicted octanol–water partition coefficient (Wildman–Crippen LogP) is 2.26. The van der Waals surface area contributed by atoms with Gasteiger partial charge in [-0.05, 0) is 49.9 Å². The van der Waals surface area contributed by atoms with Gasteiger partial charge in [-0.15, -0.1) is 12.4 Å². The van der Waals surface area contributed by atoms with Crippen LogP contribution >= 0.6 is 12.4 Å². The number of carbonyl (C=O) groups excluding carboxylic acids is 2. The molecule has 0 aromatic heterocycles. The van der Waals surface area contributed by atoms with E-state index in [2.05, 4.69) is 16.0 Å². The first-order valence-corrected chi connectivity index (χ1v) is 8.63. The number of hydrogen-bond donors (Lipinski definition) is 3. The van der Waals surface area contributed by atoms with Crippen LogP contribution in [-0.2, 0) is 4.79 Å². The fourth-order valence-corrected chi connectivity index (χ4v) is 2.92. The van der Waals surface area contributed by atoms with Crippen LogP contribution in [0.1, 0.15) is 37.0 Å². The van der Waals surface area contributed by atoms with Crippen LogP contribution in [-0.4, -0.2) is 37.5 Å². The molecular formula is C18H26ClF2N3O2. The first kappa shape index (κ1) is 22.3. The minimum atomic E-state index is -0.950. The summed E-state index contributed by atoms with van der Waals surface area (Å²) in [5, 5.41) is 8.57. The molecule has 1 aliphatic heterocycles. The van der Waals surface area contributed by atoms with Gasteiger partial charge >= 0.3 is 0 Å². The van der Waals surface area contributed by atoms with Gasteiger partial charge < -0.3 is 16.0 Å². The summed E-state index contributed by atoms with van der Waals surface area (Å²) >= 11 is 0. The van der Waals surface area contributed by atoms with E-state index in [0.717, 1.165) is 38.1 Å². The van der Waals surface area contributed by atoms with Gasteiger partial charge in [-0.25, -0.2) is 8.78 Å². The highest BCUT2D eigenvalue weighted by molar-refractivity contribution is 5.98. The van der Waals surface area contributed by atoms with Gasteiger partial charge in [0.1, 0.15) is 23.2 Å². The first-order valence-electron chi connectivity index (χ1n) is 8.63. The Hall–Kier alpha value is -1.73. The van der Waals surface area contributed by atoms with Gasteiger partial charge in [0, 0.05) is 6.54 Å². The lowest BCUT2D eigenvalue weighted by Gasteiger charge is -2.26. The van der Waals surface area contributed by atoms with E-state index >= 15 is 0 Å². The fraction of sp³-hybridized carbons (Fsp3) is 0.556. The zero-order valence-electron chi connectivity index (χ0n) is 15.0. The largest absolute Gasteiger partial charge is 0.354 e. The highest BCUT2D eigenvalue weighted by atomic mass is 35.5. The SMILES string of the molecule is CC(C)C(NC(=O)c1c(F)cccc1F)C(=O)NCC1CCCNC1.Cl. The Kier molecular flexibility index (Phi) is 8.95. The average molecular weight is 390 g/mol. The van der Waals surface area contributed by atoms with Crippen molar-refractivity contribution in [2.45, 2.75) is 32.7 Å². The van der Waals surface area contributed by atoms with Crippen LogP contribution in [0.3, 0.4) is 0 Å². The Morgan fingerprint density at radius 3 is 2.46 bits per heavy atom. The molecule has 2 rings (SSSR count). The number of piperidine rings is 1. The minimum Gasteiger partial charge on any atom is -0.354 e. The van der Waals surface area contributed by atoms with E-state index in [-0.39, 0.29) is 24.2 Å². The maximum atomic E-state index is 13.7. The standard InChI is InChI=1S/C18H25F2N3O2.ClH/c1-11(2)16(18(25)22-10-12-5-4-8-21-9-12)23-17(24)15-13(19)6-3-7-14(15)20;/h3,6-7,11-12,16,21H,4-5,8-10H2,1-2H3,(H,22,25)(H,23,24);1H. The van der Waals surface area contributed by atoms with Gasteiger partial charge in [-0.2, -0.15) is 0 Å². The monoisotopic (exact) mass is 389 g/mol. The third kappa shape index (κ3) is 5.92. The van der Waals surface area contributed by atoms with Crippen LogP contribution in [0.2, 0.25) is 0 Å². The van der Waals surface area contributed by atoms with E-state index < -0.39 is 29.1 Å². The molecule has 1 aliphatic rings. The lowest BCUT2D eigenvalue weighted by Crippen LogP contribution is -2.51. The van der Waals surface area contributed by atoms with E-state index in [1.807, 2.05) is 0 Å². The highest BCUT2D eigenvalue weighted by Gasteiger charge is 2.27. The number of amides is 2. The fourth-order valence-electron chi connectivity index (χ4n) is 2.92. The molecule has 8 heteroatoms. The topological polar surface area (TPSA) is 70.2 Å². The van der Waals surface area contributed by atoms with Crippen LogP contribution in [0.4, 0.5) is 8.78 Å². The summed E-state index contributed by atoms with van der Waals surface area (Å²) in [5.41, 5.74) is -0.669. The molecule has 3 N–H and O–H groups in total. The van der Waals surface area contributed by atoms with Gasteiger partial charge in [-0.1, -0.05) is 19.9 Å². The van der Waals surface area contributed by atoms with Crippen LogP contribution in [0, 0.1) is 23.5 Å². The lowest BCUT2D eigenvalue weighted by atomic mass is 9.98. The molecule has 1 aromatic carbocycles. The van der Waals surface area contributed by atoms with Crippen molar-refractivity contribution in [3.63, 3.8) is 0 Å². The summed E-state index contributed by atoms with van der Waals surface area (Å²) in [6.07, 6.45) is 2.10. The van der Waals surface area contributed by atoms with Gasteiger partial charge in [0.05, 0.1) is 0 Å². The molecule has 146 valence electrons. The van der Waals surface area contributed by atoms with E-state index in [1.54, 1.807) is 13.8 Å². The Labute approximate surface area is 158 Å². The van der Waals surface area contributed by atoms with E-state index in [9.17, 15) is 18.4 Å². The van der Waals surface area contributed by atoms with Crippen LogP contribution in [0.25, 0.3) is 0 Å². The summed E-state index contributed by atoms with van der Waals surface area (Å²) in [6.45, 7) is 5.89. The first-order chi connectivity index (χ1) is 11.9. The zero-order valence-corrected chi connectivity index (χ0v) is 15.8. The predicted molar refractivity (Wildman–Crippen MR) is 98.3 cm³/mol. The second kappa shape index (κ2) is 10.4. The third-order valence-electron chi connectivity index (χ3n) is 4.39. The van der Waals surface area contributed by atoms with Crippen molar-refractivity contribution in [1.29, 1.82) is 0 Å². The molecule has 1 aromatic rings. The summed E-state index contributed by atoms with van der Waals surface area (Å²) in [6, 6.07) is 2.35. The molecule has 1 saturated heterocycles. The molecule has 1 fully saturated rings. The quantitative estimate of drug-likeness (QED) is 0.699. The summed E-state index contributed by atoms with van der Waals surface area (Å²) in [4.78, 5) is 24.7. The van der Waals surface area contributed by atoms with Gasteiger partial charge in [0.2, 0.25) is 5.91 Å². The van der Waals surface area contributed by atoms with Gasteiger partial charge in [-0.3, -0.25) is 9.59 Å². The second-order valence-electron chi connectivity index (χ2n) is 6.75. The Bertz CT molecular complexity index is 602. The highest BCUT2D eigenvalue weighted by Crippen LogP contribution is 2.14. The molecule has 0 aliphatic carbocycles. The number of halogens is 3. The summed E-state index contributed by atoms with van der Waals surface area (Å²) < 4.78 is 27.5. The number of rotatable bonds is 6. The summed E-state index contributed by atoms with van der Waals surface area (Å²) in [7, 11) is 0. The third-order valence-corrected chi connectivity index (χ3v) is 4.39. The van der Waals surface area contributed by atoms with Crippen molar-refractivity contribution in [1.82, 2.24) is 16.0 Å². The molecule has 2 unspecified atom stereocenters. The minimum absolute atomic E-state index is 0. The van der Waals surface area contributed by atoms with Crippen molar-refractivity contribution in [3.05, 3.63) is 35.4 Å². The second-order valence-corrected chi connectivity index (χ2v) is 6.75. The molecular weight excluding hydrogens is 364 g/mol. The normalized spacial score (nSPS) is 18.0. The molecule has 26 heavy (non-hydrogen) atoms. The number of benzene rings is 1. The molecule has 2 amide bonds. The average Bonchev–Trinajstić information content (AvgIpc) is 2.58. The molecule has 5 nitrogen and oxygen atoms in total. The Morgan fingerprint density at radius 2 is 1.92 bits per heavy atom. The Morgan fingerprint density at radius 1 is 1.27 bits per heavy atom. The van der Waals surface area contributed by atoms with Crippen molar-refractivity contribution in [2.24, 2.45) is 11.8 Å². The van der Waals surface area contributed by atoms with E-state index in [0.29, 0.717) is 12.5 Å².